The molecule has 0 aromatic heterocycles. The summed E-state index contributed by atoms with van der Waals surface area (Å²) in [6, 6.07) is 17.0. The van der Waals surface area contributed by atoms with Crippen LogP contribution < -0.4 is 28.4 Å². The second-order valence-electron chi connectivity index (χ2n) is 14.5. The first kappa shape index (κ1) is 48.8. The monoisotopic (exact) mass is 874 g/mol. The summed E-state index contributed by atoms with van der Waals surface area (Å²) in [5.74, 6) is -6.71. The van der Waals surface area contributed by atoms with Crippen molar-refractivity contribution in [2.24, 2.45) is 17.8 Å². The highest BCUT2D eigenvalue weighted by atomic mass is 16.6. The van der Waals surface area contributed by atoms with Crippen LogP contribution in [-0.2, 0) is 52.6 Å². The average molecular weight is 875 g/mol. The number of carbonyl (C=O) groups is 9. The fourth-order valence-electron chi connectivity index (χ4n) is 6.33. The lowest BCUT2D eigenvalue weighted by atomic mass is 9.75. The van der Waals surface area contributed by atoms with E-state index in [1.165, 1.54) is 87.0 Å². The van der Waals surface area contributed by atoms with Crippen molar-refractivity contribution in [2.75, 3.05) is 14.2 Å². The zero-order valence-corrected chi connectivity index (χ0v) is 35.3. The Morgan fingerprint density at radius 2 is 0.619 bits per heavy atom. The van der Waals surface area contributed by atoms with E-state index in [0.29, 0.717) is 12.8 Å². The number of methoxy groups -OCH3 is 2. The van der Waals surface area contributed by atoms with E-state index in [4.69, 9.17) is 28.4 Å². The normalized spacial score (nSPS) is 15.4. The second kappa shape index (κ2) is 25.1. The summed E-state index contributed by atoms with van der Waals surface area (Å²) < 4.78 is 41.9. The predicted molar refractivity (Wildman–Crippen MR) is 218 cm³/mol. The lowest BCUT2D eigenvalue weighted by Gasteiger charge is -2.31. The maximum Gasteiger partial charge on any atom is 0.314 e. The lowest BCUT2D eigenvalue weighted by Crippen LogP contribution is -2.39. The summed E-state index contributed by atoms with van der Waals surface area (Å²) in [7, 11) is 2.51. The van der Waals surface area contributed by atoms with Crippen molar-refractivity contribution in [3.63, 3.8) is 0 Å². The number of hydrogen-bond acceptors (Lipinski definition) is 17. The summed E-state index contributed by atoms with van der Waals surface area (Å²) in [5, 5.41) is 0. The van der Waals surface area contributed by atoms with E-state index in [9.17, 15) is 43.2 Å². The SMILES string of the molecule is CCC(=O)CCCC(=O)Oc1ccc(OC(=O)C2CC(C(=O)Oc3ccc(OC(=O)CCCC(=O)OC)cc3)CC(C(=O)Oc3ccc(OC(=O)CCCC(=O)OC)cc3)C2)cc1. The van der Waals surface area contributed by atoms with Crippen LogP contribution in [0.25, 0.3) is 0 Å². The Balaban J connectivity index is 1.40. The Labute approximate surface area is 363 Å². The molecule has 1 aliphatic rings. The summed E-state index contributed by atoms with van der Waals surface area (Å²) in [6.45, 7) is 1.75. The van der Waals surface area contributed by atoms with E-state index in [1.807, 2.05) is 0 Å². The topological polar surface area (TPSA) is 227 Å². The first-order valence-electron chi connectivity index (χ1n) is 20.5. The smallest absolute Gasteiger partial charge is 0.314 e. The van der Waals surface area contributed by atoms with Gasteiger partial charge in [-0.15, -0.1) is 0 Å². The van der Waals surface area contributed by atoms with E-state index >= 15 is 0 Å². The van der Waals surface area contributed by atoms with Crippen LogP contribution in [0.5, 0.6) is 34.5 Å². The van der Waals surface area contributed by atoms with Crippen molar-refractivity contribution in [3.05, 3.63) is 72.8 Å². The van der Waals surface area contributed by atoms with Crippen molar-refractivity contribution in [1.82, 2.24) is 0 Å². The molecule has 3 aromatic carbocycles. The molecule has 0 N–H and O–H groups in total. The van der Waals surface area contributed by atoms with Crippen LogP contribution in [0.4, 0.5) is 0 Å². The van der Waals surface area contributed by atoms with E-state index in [0.717, 1.165) is 0 Å². The fraction of sp³-hybridized carbons (Fsp3) is 0.413. The van der Waals surface area contributed by atoms with Gasteiger partial charge in [0.05, 0.1) is 32.0 Å². The molecule has 0 spiro atoms. The van der Waals surface area contributed by atoms with Gasteiger partial charge in [0, 0.05) is 44.9 Å². The zero-order valence-electron chi connectivity index (χ0n) is 35.3. The van der Waals surface area contributed by atoms with Crippen molar-refractivity contribution in [3.8, 4) is 34.5 Å². The van der Waals surface area contributed by atoms with Gasteiger partial charge in [-0.05, 0) is 111 Å². The predicted octanol–water partition coefficient (Wildman–Crippen LogP) is 6.39. The van der Waals surface area contributed by atoms with Crippen LogP contribution in [0.2, 0.25) is 0 Å². The number of hydrogen-bond donors (Lipinski definition) is 0. The van der Waals surface area contributed by atoms with Gasteiger partial charge in [0.25, 0.3) is 0 Å². The molecule has 2 unspecified atom stereocenters. The highest BCUT2D eigenvalue weighted by molar-refractivity contribution is 5.83. The first-order chi connectivity index (χ1) is 30.2. The maximum absolute atomic E-state index is 13.6. The fourth-order valence-corrected chi connectivity index (χ4v) is 6.33. The molecule has 0 saturated heterocycles. The zero-order chi connectivity index (χ0) is 45.7. The van der Waals surface area contributed by atoms with Gasteiger partial charge in [-0.2, -0.15) is 0 Å². The van der Waals surface area contributed by atoms with Crippen LogP contribution >= 0.6 is 0 Å². The van der Waals surface area contributed by atoms with Gasteiger partial charge in [0.2, 0.25) is 0 Å². The molecular weight excluding hydrogens is 824 g/mol. The molecule has 17 heteroatoms. The van der Waals surface area contributed by atoms with E-state index in [-0.39, 0.29) is 111 Å². The molecule has 0 amide bonds. The molecule has 63 heavy (non-hydrogen) atoms. The number of carbonyl (C=O) groups excluding carboxylic acids is 9. The lowest BCUT2D eigenvalue weighted by molar-refractivity contribution is -0.151. The van der Waals surface area contributed by atoms with E-state index in [1.54, 1.807) is 6.92 Å². The molecule has 2 atom stereocenters. The summed E-state index contributed by atoms with van der Waals surface area (Å²) in [5.41, 5.74) is 0. The van der Waals surface area contributed by atoms with Crippen molar-refractivity contribution < 1.29 is 81.0 Å². The van der Waals surface area contributed by atoms with Gasteiger partial charge < -0.3 is 37.9 Å². The van der Waals surface area contributed by atoms with Crippen molar-refractivity contribution >= 4 is 53.5 Å². The van der Waals surface area contributed by atoms with E-state index < -0.39 is 65.5 Å². The Hall–Kier alpha value is -6.91. The molecule has 0 aliphatic heterocycles. The highest BCUT2D eigenvalue weighted by Crippen LogP contribution is 2.37. The van der Waals surface area contributed by atoms with Gasteiger partial charge in [-0.3, -0.25) is 43.2 Å². The van der Waals surface area contributed by atoms with Gasteiger partial charge in [0.15, 0.2) is 0 Å². The third-order valence-corrected chi connectivity index (χ3v) is 9.74. The number of rotatable bonds is 22. The van der Waals surface area contributed by atoms with Crippen LogP contribution in [0.1, 0.15) is 90.4 Å². The van der Waals surface area contributed by atoms with Gasteiger partial charge >= 0.3 is 47.8 Å². The molecule has 1 saturated carbocycles. The van der Waals surface area contributed by atoms with Crippen LogP contribution in [0, 0.1) is 17.8 Å². The molecule has 336 valence electrons. The number of esters is 8. The summed E-state index contributed by atoms with van der Waals surface area (Å²) in [6.07, 6.45) is 1.56. The van der Waals surface area contributed by atoms with Crippen LogP contribution in [0.3, 0.4) is 0 Å². The largest absolute Gasteiger partial charge is 0.469 e. The molecular formula is C46H50O17. The molecule has 17 nitrogen and oxygen atoms in total. The number of ketones is 1. The molecule has 1 aliphatic carbocycles. The van der Waals surface area contributed by atoms with Gasteiger partial charge in [0.1, 0.15) is 40.3 Å². The Morgan fingerprint density at radius 1 is 0.381 bits per heavy atom. The van der Waals surface area contributed by atoms with Crippen molar-refractivity contribution in [1.29, 1.82) is 0 Å². The van der Waals surface area contributed by atoms with E-state index in [2.05, 4.69) is 9.47 Å². The summed E-state index contributed by atoms with van der Waals surface area (Å²) in [4.78, 5) is 111. The molecule has 0 radical (unpaired) electrons. The number of ether oxygens (including phenoxy) is 8. The third kappa shape index (κ3) is 17.2. The standard InChI is InChI=1S/C46H50O17/c1-4-32(47)8-5-11-41(50)58-33-14-20-36(21-15-33)61-44(53)29-26-30(45(54)62-37-22-16-34(17-23-37)59-42(51)12-6-9-39(48)56-2)28-31(27-29)46(55)63-38-24-18-35(19-25-38)60-43(52)13-7-10-40(49)57-3/h14-25,29-31H,4-13,26-28H2,1-3H3. The average Bonchev–Trinajstić information content (AvgIpc) is 3.27. The minimum atomic E-state index is -0.962. The summed E-state index contributed by atoms with van der Waals surface area (Å²) >= 11 is 0. The van der Waals surface area contributed by atoms with Crippen molar-refractivity contribution in [2.45, 2.75) is 90.4 Å². The minimum absolute atomic E-state index is 0.0207. The van der Waals surface area contributed by atoms with Crippen LogP contribution in [0.15, 0.2) is 72.8 Å². The molecule has 1 fully saturated rings. The molecule has 4 rings (SSSR count). The van der Waals surface area contributed by atoms with Gasteiger partial charge in [-0.1, -0.05) is 6.92 Å². The quantitative estimate of drug-likeness (QED) is 0.0787. The Morgan fingerprint density at radius 3 is 0.873 bits per heavy atom. The van der Waals surface area contributed by atoms with Gasteiger partial charge in [-0.25, -0.2) is 0 Å². The maximum atomic E-state index is 13.6. The number of Topliss-reactive ketones (excluding diaryl/α,β-unsaturated/α-hetero) is 1. The molecule has 0 bridgehead atoms. The highest BCUT2D eigenvalue weighted by Gasteiger charge is 2.41. The minimum Gasteiger partial charge on any atom is -0.469 e. The molecule has 0 heterocycles. The number of benzene rings is 3. The Bertz CT molecular complexity index is 1830. The second-order valence-corrected chi connectivity index (χ2v) is 14.5. The molecule has 3 aromatic rings. The first-order valence-corrected chi connectivity index (χ1v) is 20.5. The Kier molecular flexibility index (Phi) is 19.4. The third-order valence-electron chi connectivity index (χ3n) is 9.74. The van der Waals surface area contributed by atoms with Crippen LogP contribution in [-0.4, -0.2) is 67.8 Å².